The molecule has 2 aromatic carbocycles. The number of aromatic nitrogens is 3. The second-order valence-corrected chi connectivity index (χ2v) is 6.70. The summed E-state index contributed by atoms with van der Waals surface area (Å²) in [5.41, 5.74) is 2.18. The normalized spacial score (nSPS) is 15.9. The van der Waals surface area contributed by atoms with Crippen LogP contribution in [-0.2, 0) is 4.74 Å². The fourth-order valence-electron chi connectivity index (χ4n) is 3.25. The first-order valence-corrected chi connectivity index (χ1v) is 9.43. The first-order chi connectivity index (χ1) is 13.8. The van der Waals surface area contributed by atoms with Crippen LogP contribution in [0, 0.1) is 0 Å². The van der Waals surface area contributed by atoms with E-state index in [1.54, 1.807) is 0 Å². The van der Waals surface area contributed by atoms with Crippen LogP contribution >= 0.6 is 0 Å². The summed E-state index contributed by atoms with van der Waals surface area (Å²) in [5.74, 6) is -0.232. The van der Waals surface area contributed by atoms with Crippen LogP contribution in [0.5, 0.6) is 0 Å². The lowest BCUT2D eigenvalue weighted by Gasteiger charge is -2.31. The fourth-order valence-corrected chi connectivity index (χ4v) is 3.25. The van der Waals surface area contributed by atoms with E-state index in [0.29, 0.717) is 5.69 Å². The fraction of sp³-hybridized carbons (Fsp3) is 0.286. The number of carbonyl (C=O) groups excluding carboxylic acids is 1. The molecule has 0 radical (unpaired) electrons. The number of morpholine rings is 1. The van der Waals surface area contributed by atoms with E-state index < -0.39 is 0 Å². The predicted molar refractivity (Wildman–Crippen MR) is 105 cm³/mol. The monoisotopic (exact) mass is 377 g/mol. The molecule has 1 aromatic heterocycles. The maximum atomic E-state index is 12.8. The zero-order valence-electron chi connectivity index (χ0n) is 15.6. The minimum Gasteiger partial charge on any atom is -0.379 e. The van der Waals surface area contributed by atoms with Gasteiger partial charge in [-0.1, -0.05) is 48.5 Å². The lowest BCUT2D eigenvalue weighted by Crippen LogP contribution is -2.43. The third-order valence-electron chi connectivity index (χ3n) is 4.76. The number of carbonyl (C=O) groups is 1. The lowest BCUT2D eigenvalue weighted by atomic mass is 10.1. The Labute approximate surface area is 163 Å². The van der Waals surface area contributed by atoms with Crippen molar-refractivity contribution >= 4 is 5.91 Å². The van der Waals surface area contributed by atoms with Crippen molar-refractivity contribution in [3.05, 3.63) is 78.1 Å². The Balaban J connectivity index is 1.49. The van der Waals surface area contributed by atoms with Crippen LogP contribution in [0.25, 0.3) is 5.69 Å². The molecule has 1 saturated heterocycles. The van der Waals surface area contributed by atoms with Crippen molar-refractivity contribution in [2.45, 2.75) is 6.04 Å². The summed E-state index contributed by atoms with van der Waals surface area (Å²) in [6.07, 6.45) is 1.50. The molecule has 4 rings (SSSR count). The maximum Gasteiger partial charge on any atom is 0.274 e. The molecule has 1 amide bonds. The Kier molecular flexibility index (Phi) is 5.75. The van der Waals surface area contributed by atoms with E-state index in [1.165, 1.54) is 11.0 Å². The maximum absolute atomic E-state index is 12.8. The van der Waals surface area contributed by atoms with E-state index in [4.69, 9.17) is 4.74 Å². The van der Waals surface area contributed by atoms with Gasteiger partial charge in [-0.15, -0.1) is 5.10 Å². The highest BCUT2D eigenvalue weighted by atomic mass is 16.5. The summed E-state index contributed by atoms with van der Waals surface area (Å²) < 4.78 is 5.43. The molecule has 28 heavy (non-hydrogen) atoms. The third-order valence-corrected chi connectivity index (χ3v) is 4.76. The van der Waals surface area contributed by atoms with Crippen LogP contribution in [0.1, 0.15) is 22.1 Å². The van der Waals surface area contributed by atoms with E-state index in [1.807, 2.05) is 60.7 Å². The van der Waals surface area contributed by atoms with Crippen LogP contribution in [0.2, 0.25) is 0 Å². The number of benzene rings is 2. The molecule has 0 spiro atoms. The van der Waals surface area contributed by atoms with Gasteiger partial charge in [0.25, 0.3) is 5.91 Å². The van der Waals surface area contributed by atoms with Gasteiger partial charge in [0.05, 0.1) is 31.1 Å². The zero-order chi connectivity index (χ0) is 19.2. The largest absolute Gasteiger partial charge is 0.379 e. The molecule has 1 aliphatic heterocycles. The van der Waals surface area contributed by atoms with Crippen molar-refractivity contribution in [1.82, 2.24) is 25.2 Å². The molecule has 3 aromatic rings. The average molecular weight is 377 g/mol. The van der Waals surface area contributed by atoms with E-state index in [9.17, 15) is 4.79 Å². The van der Waals surface area contributed by atoms with Gasteiger partial charge in [0.15, 0.2) is 5.69 Å². The van der Waals surface area contributed by atoms with Crippen LogP contribution in [0.15, 0.2) is 66.9 Å². The number of rotatable bonds is 6. The highest BCUT2D eigenvalue weighted by molar-refractivity contribution is 5.92. The number of hydrogen-bond donors (Lipinski definition) is 1. The molecule has 7 heteroatoms. The topological polar surface area (TPSA) is 72.3 Å². The molecular weight excluding hydrogens is 354 g/mol. The van der Waals surface area contributed by atoms with Gasteiger partial charge >= 0.3 is 0 Å². The lowest BCUT2D eigenvalue weighted by molar-refractivity contribution is 0.0332. The molecular formula is C21H23N5O2. The van der Waals surface area contributed by atoms with Crippen molar-refractivity contribution in [3.63, 3.8) is 0 Å². The highest BCUT2D eigenvalue weighted by Crippen LogP contribution is 2.16. The molecule has 0 aliphatic carbocycles. The third kappa shape index (κ3) is 4.44. The van der Waals surface area contributed by atoms with Gasteiger partial charge in [-0.25, -0.2) is 0 Å². The molecule has 1 unspecified atom stereocenters. The van der Waals surface area contributed by atoms with Gasteiger partial charge in [-0.2, -0.15) is 9.90 Å². The molecule has 1 aliphatic rings. The van der Waals surface area contributed by atoms with Crippen molar-refractivity contribution in [3.8, 4) is 5.69 Å². The number of nitrogens with zero attached hydrogens (tertiary/aromatic N) is 4. The second-order valence-electron chi connectivity index (χ2n) is 6.70. The standard InChI is InChI=1S/C21H23N5O2/c27-21(19-15-22-26(24-19)18-9-5-2-6-10-18)23-20(17-7-3-1-4-8-17)16-25-11-13-28-14-12-25/h1-10,15,20H,11-14,16H2,(H,23,27). The Hall–Kier alpha value is -3.03. The zero-order valence-corrected chi connectivity index (χ0v) is 15.6. The quantitative estimate of drug-likeness (QED) is 0.712. The number of ether oxygens (including phenoxy) is 1. The number of amides is 1. The van der Waals surface area contributed by atoms with Crippen LogP contribution in [0.3, 0.4) is 0 Å². The van der Waals surface area contributed by atoms with E-state index in [2.05, 4.69) is 20.4 Å². The van der Waals surface area contributed by atoms with Crippen LogP contribution < -0.4 is 5.32 Å². The molecule has 7 nitrogen and oxygen atoms in total. The van der Waals surface area contributed by atoms with E-state index >= 15 is 0 Å². The highest BCUT2D eigenvalue weighted by Gasteiger charge is 2.22. The number of hydrogen-bond acceptors (Lipinski definition) is 5. The van der Waals surface area contributed by atoms with Gasteiger partial charge < -0.3 is 10.1 Å². The molecule has 0 bridgehead atoms. The molecule has 1 atom stereocenters. The van der Waals surface area contributed by atoms with Crippen molar-refractivity contribution < 1.29 is 9.53 Å². The minimum atomic E-state index is -0.232. The van der Waals surface area contributed by atoms with Gasteiger partial charge in [-0.05, 0) is 17.7 Å². The first kappa shape index (κ1) is 18.3. The average Bonchev–Trinajstić information content (AvgIpc) is 3.26. The molecule has 2 heterocycles. The first-order valence-electron chi connectivity index (χ1n) is 9.43. The van der Waals surface area contributed by atoms with Crippen molar-refractivity contribution in [2.75, 3.05) is 32.8 Å². The predicted octanol–water partition coefficient (Wildman–Crippen LogP) is 2.07. The number of para-hydroxylation sites is 1. The Morgan fingerprint density at radius 2 is 1.71 bits per heavy atom. The van der Waals surface area contributed by atoms with Crippen LogP contribution in [-0.4, -0.2) is 58.6 Å². The molecule has 144 valence electrons. The smallest absolute Gasteiger partial charge is 0.274 e. The second kappa shape index (κ2) is 8.77. The van der Waals surface area contributed by atoms with Gasteiger partial charge in [0.2, 0.25) is 0 Å². The number of nitrogens with one attached hydrogen (secondary N) is 1. The summed E-state index contributed by atoms with van der Waals surface area (Å²) >= 11 is 0. The molecule has 1 N–H and O–H groups in total. The van der Waals surface area contributed by atoms with Gasteiger partial charge in [-0.3, -0.25) is 9.69 Å². The summed E-state index contributed by atoms with van der Waals surface area (Å²) in [6.45, 7) is 3.90. The van der Waals surface area contributed by atoms with E-state index in [-0.39, 0.29) is 11.9 Å². The SMILES string of the molecule is O=C(NC(CN1CCOCC1)c1ccccc1)c1cnn(-c2ccccc2)n1. The Morgan fingerprint density at radius 1 is 1.04 bits per heavy atom. The molecule has 1 fully saturated rings. The molecule has 0 saturated carbocycles. The summed E-state index contributed by atoms with van der Waals surface area (Å²) in [6, 6.07) is 19.4. The summed E-state index contributed by atoms with van der Waals surface area (Å²) in [7, 11) is 0. The van der Waals surface area contributed by atoms with Crippen molar-refractivity contribution in [2.24, 2.45) is 0 Å². The summed E-state index contributed by atoms with van der Waals surface area (Å²) in [5, 5.41) is 11.7. The Bertz CT molecular complexity index is 891. The van der Waals surface area contributed by atoms with E-state index in [0.717, 1.165) is 44.1 Å². The van der Waals surface area contributed by atoms with Gasteiger partial charge in [0.1, 0.15) is 0 Å². The Morgan fingerprint density at radius 3 is 2.43 bits per heavy atom. The van der Waals surface area contributed by atoms with Gasteiger partial charge in [0, 0.05) is 19.6 Å². The summed E-state index contributed by atoms with van der Waals surface area (Å²) in [4.78, 5) is 16.6. The van der Waals surface area contributed by atoms with Crippen LogP contribution in [0.4, 0.5) is 0 Å². The minimum absolute atomic E-state index is 0.131. The van der Waals surface area contributed by atoms with Crippen molar-refractivity contribution in [1.29, 1.82) is 0 Å².